The van der Waals surface area contributed by atoms with Gasteiger partial charge in [-0.1, -0.05) is 24.3 Å². The first-order chi connectivity index (χ1) is 6.04. The Morgan fingerprint density at radius 1 is 1.46 bits per heavy atom. The Bertz CT molecular complexity index is 280. The average molecular weight is 294 g/mol. The quantitative estimate of drug-likeness (QED) is 0.771. The highest BCUT2D eigenvalue weighted by molar-refractivity contribution is 14.1. The van der Waals surface area contributed by atoms with Crippen molar-refractivity contribution in [2.24, 2.45) is 0 Å². The molecule has 0 aromatic heterocycles. The Kier molecular flexibility index (Phi) is 3.67. The summed E-state index contributed by atoms with van der Waals surface area (Å²) in [7, 11) is 0. The van der Waals surface area contributed by atoms with Crippen LogP contribution in [0.25, 0.3) is 0 Å². The standard InChI is InChI=1S/C10H12FIO/c1-10(2,11)9-5-3-4-8(6-9)7-13-12/h3-6H,7H2,1-2H3. The third-order valence-corrected chi connectivity index (χ3v) is 2.15. The first-order valence-corrected chi connectivity index (χ1v) is 4.94. The number of halogens is 2. The molecule has 0 fully saturated rings. The van der Waals surface area contributed by atoms with Gasteiger partial charge in [0.2, 0.25) is 0 Å². The van der Waals surface area contributed by atoms with Crippen molar-refractivity contribution in [3.05, 3.63) is 35.4 Å². The van der Waals surface area contributed by atoms with E-state index in [9.17, 15) is 4.39 Å². The summed E-state index contributed by atoms with van der Waals surface area (Å²) in [6, 6.07) is 7.39. The van der Waals surface area contributed by atoms with E-state index in [0.717, 1.165) is 5.56 Å². The first kappa shape index (κ1) is 10.9. The third-order valence-electron chi connectivity index (χ3n) is 1.83. The van der Waals surface area contributed by atoms with Crippen LogP contribution in [-0.2, 0) is 15.3 Å². The minimum absolute atomic E-state index is 0.518. The second-order valence-electron chi connectivity index (χ2n) is 3.43. The van der Waals surface area contributed by atoms with Crippen molar-refractivity contribution in [1.29, 1.82) is 0 Å². The van der Waals surface area contributed by atoms with Crippen LogP contribution in [0, 0.1) is 0 Å². The van der Waals surface area contributed by atoms with E-state index in [1.807, 2.05) is 41.2 Å². The lowest BCUT2D eigenvalue weighted by molar-refractivity contribution is 0.221. The Balaban J connectivity index is 2.92. The maximum Gasteiger partial charge on any atom is 0.130 e. The molecule has 3 heteroatoms. The fraction of sp³-hybridized carbons (Fsp3) is 0.400. The summed E-state index contributed by atoms with van der Waals surface area (Å²) in [5.41, 5.74) is 0.414. The molecule has 1 aromatic carbocycles. The lowest BCUT2D eigenvalue weighted by Gasteiger charge is -2.15. The van der Waals surface area contributed by atoms with Gasteiger partial charge in [-0.3, -0.25) is 0 Å². The zero-order chi connectivity index (χ0) is 9.90. The van der Waals surface area contributed by atoms with Crippen LogP contribution in [-0.4, -0.2) is 0 Å². The molecule has 1 aromatic rings. The Labute approximate surface area is 92.0 Å². The monoisotopic (exact) mass is 294 g/mol. The van der Waals surface area contributed by atoms with Gasteiger partial charge in [0.15, 0.2) is 0 Å². The van der Waals surface area contributed by atoms with E-state index in [1.54, 1.807) is 19.9 Å². The molecule has 0 aliphatic rings. The predicted octanol–water partition coefficient (Wildman–Crippen LogP) is 3.76. The number of rotatable bonds is 3. The minimum atomic E-state index is -1.28. The normalized spacial score (nSPS) is 11.7. The van der Waals surface area contributed by atoms with E-state index < -0.39 is 5.67 Å². The average Bonchev–Trinajstić information content (AvgIpc) is 2.04. The van der Waals surface area contributed by atoms with E-state index >= 15 is 0 Å². The molecule has 0 amide bonds. The molecule has 0 saturated heterocycles. The topological polar surface area (TPSA) is 9.23 Å². The summed E-state index contributed by atoms with van der Waals surface area (Å²) in [6.45, 7) is 3.62. The fourth-order valence-electron chi connectivity index (χ4n) is 1.09. The molecule has 0 N–H and O–H groups in total. The lowest BCUT2D eigenvalue weighted by Crippen LogP contribution is -2.09. The molecule has 0 unspecified atom stereocenters. The van der Waals surface area contributed by atoms with Crippen molar-refractivity contribution >= 4 is 23.0 Å². The Morgan fingerprint density at radius 3 is 2.69 bits per heavy atom. The number of hydrogen-bond acceptors (Lipinski definition) is 1. The smallest absolute Gasteiger partial charge is 0.130 e. The van der Waals surface area contributed by atoms with Crippen molar-refractivity contribution in [2.45, 2.75) is 26.1 Å². The molecule has 0 radical (unpaired) electrons. The van der Waals surface area contributed by atoms with Gasteiger partial charge in [-0.2, -0.15) is 0 Å². The van der Waals surface area contributed by atoms with Crippen LogP contribution < -0.4 is 0 Å². The lowest BCUT2D eigenvalue weighted by atomic mass is 9.98. The van der Waals surface area contributed by atoms with Crippen LogP contribution in [0.1, 0.15) is 25.0 Å². The summed E-state index contributed by atoms with van der Waals surface area (Å²) in [4.78, 5) is 0. The molecule has 13 heavy (non-hydrogen) atoms. The van der Waals surface area contributed by atoms with Crippen LogP contribution in [0.2, 0.25) is 0 Å². The molecular formula is C10H12FIO. The van der Waals surface area contributed by atoms with Crippen LogP contribution in [0.5, 0.6) is 0 Å². The predicted molar refractivity (Wildman–Crippen MR) is 59.4 cm³/mol. The second kappa shape index (κ2) is 4.37. The molecule has 0 spiro atoms. The van der Waals surface area contributed by atoms with Gasteiger partial charge in [0.05, 0.1) is 6.61 Å². The summed E-state index contributed by atoms with van der Waals surface area (Å²) in [5.74, 6) is 0. The summed E-state index contributed by atoms with van der Waals surface area (Å²) >= 11 is 1.83. The Morgan fingerprint density at radius 2 is 2.15 bits per heavy atom. The van der Waals surface area contributed by atoms with E-state index in [4.69, 9.17) is 3.07 Å². The van der Waals surface area contributed by atoms with Gasteiger partial charge in [-0.15, -0.1) is 0 Å². The zero-order valence-electron chi connectivity index (χ0n) is 7.68. The molecule has 0 atom stereocenters. The highest BCUT2D eigenvalue weighted by atomic mass is 127. The van der Waals surface area contributed by atoms with Crippen molar-refractivity contribution in [1.82, 2.24) is 0 Å². The maximum atomic E-state index is 13.5. The molecule has 0 bridgehead atoms. The van der Waals surface area contributed by atoms with E-state index in [1.165, 1.54) is 0 Å². The van der Waals surface area contributed by atoms with Gasteiger partial charge in [-0.05, 0) is 25.0 Å². The van der Waals surface area contributed by atoms with Crippen molar-refractivity contribution in [2.75, 3.05) is 0 Å². The highest BCUT2D eigenvalue weighted by Crippen LogP contribution is 2.25. The molecule has 0 saturated carbocycles. The maximum absolute atomic E-state index is 13.5. The molecule has 1 nitrogen and oxygen atoms in total. The second-order valence-corrected chi connectivity index (χ2v) is 4.05. The van der Waals surface area contributed by atoms with Gasteiger partial charge in [-0.25, -0.2) is 4.39 Å². The van der Waals surface area contributed by atoms with Crippen molar-refractivity contribution < 1.29 is 7.46 Å². The Hall–Kier alpha value is -0.160. The van der Waals surface area contributed by atoms with Gasteiger partial charge in [0, 0.05) is 0 Å². The summed E-state index contributed by atoms with van der Waals surface area (Å²) < 4.78 is 18.4. The highest BCUT2D eigenvalue weighted by Gasteiger charge is 2.18. The number of hydrogen-bond donors (Lipinski definition) is 0. The summed E-state index contributed by atoms with van der Waals surface area (Å²) in [6.07, 6.45) is 0. The van der Waals surface area contributed by atoms with Crippen LogP contribution >= 0.6 is 23.0 Å². The summed E-state index contributed by atoms with van der Waals surface area (Å²) in [5, 5.41) is 0. The first-order valence-electron chi connectivity index (χ1n) is 4.06. The van der Waals surface area contributed by atoms with Crippen LogP contribution in [0.15, 0.2) is 24.3 Å². The van der Waals surface area contributed by atoms with E-state index in [2.05, 4.69) is 0 Å². The molecule has 0 aliphatic heterocycles. The largest absolute Gasteiger partial charge is 0.311 e. The number of alkyl halides is 1. The van der Waals surface area contributed by atoms with Crippen molar-refractivity contribution in [3.63, 3.8) is 0 Å². The molecule has 1 rings (SSSR count). The fourth-order valence-corrected chi connectivity index (χ4v) is 1.45. The molecule has 0 aliphatic carbocycles. The van der Waals surface area contributed by atoms with Gasteiger partial charge in [0.1, 0.15) is 28.7 Å². The van der Waals surface area contributed by atoms with Gasteiger partial charge < -0.3 is 3.07 Å². The minimum Gasteiger partial charge on any atom is -0.311 e. The van der Waals surface area contributed by atoms with E-state index in [-0.39, 0.29) is 0 Å². The van der Waals surface area contributed by atoms with Crippen LogP contribution in [0.3, 0.4) is 0 Å². The van der Waals surface area contributed by atoms with E-state index in [0.29, 0.717) is 12.2 Å². The molecule has 0 heterocycles. The molecule has 72 valence electrons. The zero-order valence-corrected chi connectivity index (χ0v) is 9.84. The van der Waals surface area contributed by atoms with Crippen LogP contribution in [0.4, 0.5) is 4.39 Å². The number of benzene rings is 1. The SMILES string of the molecule is CC(C)(F)c1cccc(COI)c1. The van der Waals surface area contributed by atoms with Gasteiger partial charge in [0.25, 0.3) is 0 Å². The molecular weight excluding hydrogens is 282 g/mol. The third kappa shape index (κ3) is 3.23. The van der Waals surface area contributed by atoms with Gasteiger partial charge >= 0.3 is 0 Å². The van der Waals surface area contributed by atoms with Crippen molar-refractivity contribution in [3.8, 4) is 0 Å².